The number of pyridine rings is 1. The first-order valence-electron chi connectivity index (χ1n) is 10.1. The maximum atomic E-state index is 12.6. The number of nitrogens with one attached hydrogen (secondary N) is 1. The van der Waals surface area contributed by atoms with Crippen molar-refractivity contribution in [3.63, 3.8) is 0 Å². The number of hydrogen-bond acceptors (Lipinski definition) is 7. The van der Waals surface area contributed by atoms with Gasteiger partial charge in [-0.1, -0.05) is 12.1 Å². The Hall–Kier alpha value is -2.46. The van der Waals surface area contributed by atoms with Gasteiger partial charge in [0.2, 0.25) is 10.0 Å². The molecule has 1 aliphatic rings. The fourth-order valence-electron chi connectivity index (χ4n) is 3.79. The van der Waals surface area contributed by atoms with Gasteiger partial charge in [-0.25, -0.2) is 13.1 Å². The van der Waals surface area contributed by atoms with E-state index in [4.69, 9.17) is 4.74 Å². The first kappa shape index (κ1) is 21.8. The van der Waals surface area contributed by atoms with Crippen molar-refractivity contribution in [2.45, 2.75) is 10.3 Å². The fraction of sp³-hybridized carbons (Fsp3) is 0.318. The number of rotatable bonds is 8. The van der Waals surface area contributed by atoms with E-state index in [0.29, 0.717) is 10.8 Å². The molecule has 2 aromatic heterocycles. The largest absolute Gasteiger partial charge is 0.497 e. The Balaban J connectivity index is 1.45. The van der Waals surface area contributed by atoms with E-state index >= 15 is 0 Å². The summed E-state index contributed by atoms with van der Waals surface area (Å²) >= 11 is 1.22. The molecule has 31 heavy (non-hydrogen) atoms. The van der Waals surface area contributed by atoms with E-state index in [-0.39, 0.29) is 6.04 Å². The van der Waals surface area contributed by atoms with E-state index in [1.165, 1.54) is 11.3 Å². The summed E-state index contributed by atoms with van der Waals surface area (Å²) in [5, 5.41) is 1.77. The molecule has 1 atom stereocenters. The van der Waals surface area contributed by atoms with Crippen molar-refractivity contribution in [2.75, 3.05) is 44.7 Å². The molecule has 7 nitrogen and oxygen atoms in total. The van der Waals surface area contributed by atoms with Crippen LogP contribution < -0.4 is 14.4 Å². The minimum absolute atomic E-state index is 0.0820. The van der Waals surface area contributed by atoms with E-state index in [9.17, 15) is 8.42 Å². The molecular weight excluding hydrogens is 432 g/mol. The number of benzene rings is 1. The van der Waals surface area contributed by atoms with Crippen molar-refractivity contribution < 1.29 is 13.2 Å². The third kappa shape index (κ3) is 5.24. The number of aromatic nitrogens is 1. The summed E-state index contributed by atoms with van der Waals surface area (Å²) in [6, 6.07) is 15.3. The highest BCUT2D eigenvalue weighted by atomic mass is 32.2. The second-order valence-electron chi connectivity index (χ2n) is 7.31. The van der Waals surface area contributed by atoms with E-state index in [1.807, 2.05) is 30.5 Å². The van der Waals surface area contributed by atoms with E-state index in [2.05, 4.69) is 31.6 Å². The van der Waals surface area contributed by atoms with Gasteiger partial charge in [0.05, 0.1) is 13.2 Å². The van der Waals surface area contributed by atoms with Crippen LogP contribution in [0.5, 0.6) is 5.75 Å². The van der Waals surface area contributed by atoms with Crippen molar-refractivity contribution in [2.24, 2.45) is 0 Å². The van der Waals surface area contributed by atoms with E-state index in [1.54, 1.807) is 30.8 Å². The SMILES string of the molecule is COc1ccc(N2CCN([C@@H](CNS(=O)(=O)c3cccs3)c3cccnc3)CC2)cc1. The smallest absolute Gasteiger partial charge is 0.250 e. The average molecular weight is 459 g/mol. The van der Waals surface area contributed by atoms with Crippen LogP contribution in [-0.4, -0.2) is 58.1 Å². The lowest BCUT2D eigenvalue weighted by Crippen LogP contribution is -2.49. The molecule has 3 heterocycles. The number of sulfonamides is 1. The molecule has 4 rings (SSSR count). The first-order valence-corrected chi connectivity index (χ1v) is 12.5. The van der Waals surface area contributed by atoms with E-state index < -0.39 is 10.0 Å². The molecule has 164 valence electrons. The van der Waals surface area contributed by atoms with Crippen LogP contribution in [0.3, 0.4) is 0 Å². The molecule has 1 fully saturated rings. The molecule has 9 heteroatoms. The topological polar surface area (TPSA) is 74.8 Å². The molecule has 0 radical (unpaired) electrons. The zero-order valence-electron chi connectivity index (χ0n) is 17.3. The highest BCUT2D eigenvalue weighted by Crippen LogP contribution is 2.25. The van der Waals surface area contributed by atoms with Gasteiger partial charge >= 0.3 is 0 Å². The van der Waals surface area contributed by atoms with Crippen LogP contribution in [0, 0.1) is 0 Å². The minimum atomic E-state index is -3.52. The zero-order valence-corrected chi connectivity index (χ0v) is 19.0. The molecule has 0 spiro atoms. The summed E-state index contributed by atoms with van der Waals surface area (Å²) in [6.07, 6.45) is 3.55. The van der Waals surface area contributed by atoms with Gasteiger partial charge in [-0.3, -0.25) is 9.88 Å². The van der Waals surface area contributed by atoms with E-state index in [0.717, 1.165) is 43.2 Å². The number of ether oxygens (including phenoxy) is 1. The third-order valence-electron chi connectivity index (χ3n) is 5.49. The molecule has 0 saturated carbocycles. The van der Waals surface area contributed by atoms with Gasteiger partial charge in [0, 0.05) is 50.8 Å². The third-order valence-corrected chi connectivity index (χ3v) is 8.31. The number of hydrogen-bond donors (Lipinski definition) is 1. The second kappa shape index (κ2) is 9.78. The van der Waals surface area contributed by atoms with Gasteiger partial charge in [-0.05, 0) is 47.3 Å². The first-order chi connectivity index (χ1) is 15.1. The molecule has 3 aromatic rings. The molecule has 0 aliphatic carbocycles. The molecule has 1 saturated heterocycles. The lowest BCUT2D eigenvalue weighted by molar-refractivity contribution is 0.186. The normalized spacial score (nSPS) is 16.2. The Morgan fingerprint density at radius 2 is 1.87 bits per heavy atom. The molecule has 1 N–H and O–H groups in total. The van der Waals surface area contributed by atoms with Crippen LogP contribution in [0.2, 0.25) is 0 Å². The zero-order chi connectivity index (χ0) is 21.7. The van der Waals surface area contributed by atoms with Gasteiger partial charge in [-0.15, -0.1) is 11.3 Å². The van der Waals surface area contributed by atoms with Gasteiger partial charge < -0.3 is 9.64 Å². The Morgan fingerprint density at radius 3 is 2.48 bits per heavy atom. The van der Waals surface area contributed by atoms with Gasteiger partial charge in [-0.2, -0.15) is 0 Å². The summed E-state index contributed by atoms with van der Waals surface area (Å²) in [6.45, 7) is 3.68. The Morgan fingerprint density at radius 1 is 1.10 bits per heavy atom. The Labute approximate surface area is 187 Å². The molecule has 1 aromatic carbocycles. The minimum Gasteiger partial charge on any atom is -0.497 e. The summed E-state index contributed by atoms with van der Waals surface area (Å²) in [5.41, 5.74) is 2.17. The maximum absolute atomic E-state index is 12.6. The monoisotopic (exact) mass is 458 g/mol. The van der Waals surface area contributed by atoms with Crippen LogP contribution in [0.25, 0.3) is 0 Å². The van der Waals surface area contributed by atoms with Gasteiger partial charge in [0.15, 0.2) is 0 Å². The van der Waals surface area contributed by atoms with Gasteiger partial charge in [0.1, 0.15) is 9.96 Å². The standard InChI is InChI=1S/C22H26N4O3S2/c1-29-20-8-6-19(7-9-20)25-11-13-26(14-12-25)21(18-4-2-10-23-16-18)17-24-31(27,28)22-5-3-15-30-22/h2-10,15-16,21,24H,11-14,17H2,1H3/t21-/m0/s1. The molecule has 0 bridgehead atoms. The van der Waals surface area contributed by atoms with Crippen LogP contribution in [-0.2, 0) is 10.0 Å². The van der Waals surface area contributed by atoms with Crippen molar-refractivity contribution in [1.82, 2.24) is 14.6 Å². The van der Waals surface area contributed by atoms with Gasteiger partial charge in [0.25, 0.3) is 0 Å². The molecule has 0 amide bonds. The van der Waals surface area contributed by atoms with Crippen LogP contribution in [0.1, 0.15) is 11.6 Å². The molecule has 0 unspecified atom stereocenters. The number of piperazine rings is 1. The lowest BCUT2D eigenvalue weighted by Gasteiger charge is -2.40. The maximum Gasteiger partial charge on any atom is 0.250 e. The molecule has 1 aliphatic heterocycles. The van der Waals surface area contributed by atoms with Crippen molar-refractivity contribution in [3.8, 4) is 5.75 Å². The predicted molar refractivity (Wildman–Crippen MR) is 123 cm³/mol. The van der Waals surface area contributed by atoms with Crippen LogP contribution in [0.15, 0.2) is 70.5 Å². The molecular formula is C22H26N4O3S2. The summed E-state index contributed by atoms with van der Waals surface area (Å²) < 4.78 is 33.7. The lowest BCUT2D eigenvalue weighted by atomic mass is 10.1. The fourth-order valence-corrected chi connectivity index (χ4v) is 5.87. The highest BCUT2D eigenvalue weighted by Gasteiger charge is 2.27. The Bertz CT molecular complexity index is 1050. The summed E-state index contributed by atoms with van der Waals surface area (Å²) in [4.78, 5) is 8.92. The van der Waals surface area contributed by atoms with Crippen molar-refractivity contribution >= 4 is 27.0 Å². The number of anilines is 1. The van der Waals surface area contributed by atoms with Crippen molar-refractivity contribution in [1.29, 1.82) is 0 Å². The number of nitrogens with zero attached hydrogens (tertiary/aromatic N) is 3. The van der Waals surface area contributed by atoms with Crippen LogP contribution in [0.4, 0.5) is 5.69 Å². The highest BCUT2D eigenvalue weighted by molar-refractivity contribution is 7.91. The van der Waals surface area contributed by atoms with Crippen LogP contribution >= 0.6 is 11.3 Å². The van der Waals surface area contributed by atoms with Crippen molar-refractivity contribution in [3.05, 3.63) is 71.9 Å². The quantitative estimate of drug-likeness (QED) is 0.559. The predicted octanol–water partition coefficient (Wildman–Crippen LogP) is 2.99. The summed E-state index contributed by atoms with van der Waals surface area (Å²) in [5.74, 6) is 0.844. The second-order valence-corrected chi connectivity index (χ2v) is 10.2. The Kier molecular flexibility index (Phi) is 6.86. The number of thiophene rings is 1. The summed E-state index contributed by atoms with van der Waals surface area (Å²) in [7, 11) is -1.85. The number of methoxy groups -OCH3 is 1. The average Bonchev–Trinajstić information content (AvgIpc) is 3.37.